The van der Waals surface area contributed by atoms with Crippen LogP contribution in [0.3, 0.4) is 0 Å². The Hall–Kier alpha value is -2.50. The van der Waals surface area contributed by atoms with E-state index < -0.39 is 30.6 Å². The van der Waals surface area contributed by atoms with Crippen LogP contribution in [0.2, 0.25) is 0 Å². The average molecular weight is 336 g/mol. The number of aliphatic hydroxyl groups excluding tert-OH is 1. The van der Waals surface area contributed by atoms with Gasteiger partial charge in [0.2, 0.25) is 0 Å². The molecule has 0 saturated carbocycles. The lowest BCUT2D eigenvalue weighted by molar-refractivity contribution is -0.0711. The zero-order valence-corrected chi connectivity index (χ0v) is 12.7. The van der Waals surface area contributed by atoms with E-state index in [1.54, 1.807) is 4.57 Å². The largest absolute Gasteiger partial charge is 0.393 e. The molecule has 0 aromatic carbocycles. The minimum Gasteiger partial charge on any atom is -0.393 e. The van der Waals surface area contributed by atoms with Crippen LogP contribution < -0.4 is 5.73 Å². The van der Waals surface area contributed by atoms with Crippen LogP contribution in [-0.2, 0) is 9.47 Å². The molecule has 2 aromatic heterocycles. The minimum absolute atomic E-state index is 0.207. The number of imidazole rings is 1. The first-order valence-corrected chi connectivity index (χ1v) is 7.00. The number of nitrogens with zero attached hydrogens (tertiary/aromatic N) is 7. The zero-order valence-electron chi connectivity index (χ0n) is 12.7. The van der Waals surface area contributed by atoms with Crippen molar-refractivity contribution in [2.24, 2.45) is 5.11 Å². The van der Waals surface area contributed by atoms with Gasteiger partial charge in [-0.15, -0.1) is 0 Å². The number of aromatic nitrogens is 4. The van der Waals surface area contributed by atoms with Gasteiger partial charge in [0.15, 0.2) is 17.7 Å². The van der Waals surface area contributed by atoms with Crippen LogP contribution >= 0.6 is 0 Å². The number of hydrogen-bond donors (Lipinski definition) is 3. The smallest absolute Gasteiger partial charge is 0.167 e. The second-order valence-electron chi connectivity index (χ2n) is 5.40. The summed E-state index contributed by atoms with van der Waals surface area (Å²) < 4.78 is 12.6. The highest BCUT2D eigenvalue weighted by molar-refractivity contribution is 5.81. The Labute approximate surface area is 135 Å². The molecule has 0 aliphatic carbocycles. The molecular weight excluding hydrogens is 320 g/mol. The van der Waals surface area contributed by atoms with Gasteiger partial charge >= 0.3 is 0 Å². The Morgan fingerprint density at radius 2 is 2.42 bits per heavy atom. The molecule has 0 bridgehead atoms. The molecule has 1 unspecified atom stereocenters. The molecule has 1 fully saturated rings. The van der Waals surface area contributed by atoms with Crippen LogP contribution in [0.15, 0.2) is 17.8 Å². The number of ether oxygens (including phenoxy) is 2. The fourth-order valence-electron chi connectivity index (χ4n) is 2.79. The minimum atomic E-state index is -1.70. The predicted octanol–water partition coefficient (Wildman–Crippen LogP) is -0.645. The number of aliphatic hydroxyl groups is 2. The van der Waals surface area contributed by atoms with Crippen molar-refractivity contribution in [1.82, 2.24) is 19.5 Å². The number of hydrogen-bond acceptors (Lipinski definition) is 9. The van der Waals surface area contributed by atoms with Gasteiger partial charge in [0.1, 0.15) is 29.6 Å². The summed E-state index contributed by atoms with van der Waals surface area (Å²) in [7, 11) is 1.42. The first-order valence-electron chi connectivity index (χ1n) is 7.00. The van der Waals surface area contributed by atoms with Gasteiger partial charge in [0.25, 0.3) is 0 Å². The number of nitrogens with two attached hydrogens (primary N) is 1. The molecule has 1 saturated heterocycles. The predicted molar refractivity (Wildman–Crippen MR) is 80.5 cm³/mol. The van der Waals surface area contributed by atoms with Crippen LogP contribution in [0, 0.1) is 0 Å². The molecule has 4 N–H and O–H groups in total. The van der Waals surface area contributed by atoms with Crippen LogP contribution in [0.1, 0.15) is 6.23 Å². The van der Waals surface area contributed by atoms with Gasteiger partial charge in [0, 0.05) is 12.0 Å². The van der Waals surface area contributed by atoms with Gasteiger partial charge in [-0.3, -0.25) is 4.57 Å². The van der Waals surface area contributed by atoms with E-state index in [4.69, 9.17) is 20.7 Å². The third-order valence-electron chi connectivity index (χ3n) is 4.02. The Morgan fingerprint density at radius 1 is 1.62 bits per heavy atom. The number of methoxy groups -OCH3 is 1. The lowest BCUT2D eigenvalue weighted by Gasteiger charge is -2.29. The molecule has 1 aliphatic heterocycles. The number of fused-ring (bicyclic) bond motifs is 1. The number of rotatable bonds is 5. The molecule has 128 valence electrons. The van der Waals surface area contributed by atoms with Gasteiger partial charge in [-0.05, 0) is 5.53 Å². The van der Waals surface area contributed by atoms with Gasteiger partial charge in [-0.2, -0.15) is 0 Å². The van der Waals surface area contributed by atoms with E-state index in [2.05, 4.69) is 25.0 Å². The maximum atomic E-state index is 10.4. The van der Waals surface area contributed by atoms with Crippen molar-refractivity contribution in [3.05, 3.63) is 23.1 Å². The van der Waals surface area contributed by atoms with E-state index >= 15 is 0 Å². The lowest BCUT2D eigenvalue weighted by Crippen LogP contribution is -2.47. The third kappa shape index (κ3) is 2.42. The summed E-state index contributed by atoms with van der Waals surface area (Å²) in [6, 6.07) is -1.06. The normalized spacial score (nSPS) is 28.0. The van der Waals surface area contributed by atoms with E-state index in [1.807, 2.05) is 0 Å². The first-order chi connectivity index (χ1) is 11.6. The number of azide groups is 1. The Bertz CT molecular complexity index is 790. The molecule has 0 radical (unpaired) electrons. The fourth-order valence-corrected chi connectivity index (χ4v) is 2.79. The van der Waals surface area contributed by atoms with E-state index in [0.717, 1.165) is 0 Å². The monoisotopic (exact) mass is 336 g/mol. The van der Waals surface area contributed by atoms with Crippen molar-refractivity contribution >= 4 is 17.0 Å². The summed E-state index contributed by atoms with van der Waals surface area (Å²) in [4.78, 5) is 14.9. The van der Waals surface area contributed by atoms with E-state index in [9.17, 15) is 10.2 Å². The van der Waals surface area contributed by atoms with Crippen LogP contribution in [-0.4, -0.2) is 67.8 Å². The van der Waals surface area contributed by atoms with E-state index in [-0.39, 0.29) is 12.4 Å². The molecule has 12 nitrogen and oxygen atoms in total. The molecule has 12 heteroatoms. The van der Waals surface area contributed by atoms with Crippen molar-refractivity contribution < 1.29 is 19.7 Å². The second kappa shape index (κ2) is 6.19. The average Bonchev–Trinajstić information content (AvgIpc) is 3.14. The van der Waals surface area contributed by atoms with Gasteiger partial charge < -0.3 is 25.4 Å². The highest BCUT2D eigenvalue weighted by Gasteiger charge is 2.51. The quantitative estimate of drug-likeness (QED) is 0.366. The molecule has 2 aromatic rings. The van der Waals surface area contributed by atoms with Crippen molar-refractivity contribution in [1.29, 1.82) is 0 Å². The SMILES string of the molecule is COC([C@@H]1OC[C@@](O)(CO)[C@H]1N=[N+]=[N-])n1cnc2c(N)ncnc21. The Morgan fingerprint density at radius 3 is 3.08 bits per heavy atom. The van der Waals surface area contributed by atoms with Gasteiger partial charge in [-0.25, -0.2) is 15.0 Å². The van der Waals surface area contributed by atoms with Crippen molar-refractivity contribution in [3.63, 3.8) is 0 Å². The molecular formula is C12H16N8O4. The van der Waals surface area contributed by atoms with Crippen LogP contribution in [0.25, 0.3) is 21.6 Å². The first kappa shape index (κ1) is 16.4. The topological polar surface area (TPSA) is 177 Å². The summed E-state index contributed by atoms with van der Waals surface area (Å²) in [6.07, 6.45) is 1.04. The summed E-state index contributed by atoms with van der Waals surface area (Å²) in [6.45, 7) is -0.828. The summed E-state index contributed by atoms with van der Waals surface area (Å²) in [5, 5.41) is 23.4. The summed E-state index contributed by atoms with van der Waals surface area (Å²) in [5.74, 6) is 0.208. The molecule has 1 aliphatic rings. The maximum absolute atomic E-state index is 10.4. The number of nitrogen functional groups attached to an aromatic ring is 1. The summed E-state index contributed by atoms with van der Waals surface area (Å²) in [5.41, 5.74) is 13.6. The van der Waals surface area contributed by atoms with Gasteiger partial charge in [0.05, 0.1) is 19.5 Å². The Balaban J connectivity index is 2.04. The lowest BCUT2D eigenvalue weighted by atomic mass is 9.94. The van der Waals surface area contributed by atoms with Crippen LogP contribution in [0.4, 0.5) is 5.82 Å². The molecule has 0 amide bonds. The standard InChI is InChI=1S/C12H16N8O4/c1-23-11(7-8(18-19-14)12(22,2-21)3-24-7)20-5-17-6-9(13)15-4-16-10(6)20/h4-5,7-8,11,21-22H,2-3H2,1H3,(H2,13,15,16)/t7-,8+,11?,12+/m1/s1. The molecule has 0 spiro atoms. The fraction of sp³-hybridized carbons (Fsp3) is 0.583. The molecule has 3 rings (SSSR count). The molecule has 3 heterocycles. The zero-order chi connectivity index (χ0) is 17.3. The highest BCUT2D eigenvalue weighted by Crippen LogP contribution is 2.35. The summed E-state index contributed by atoms with van der Waals surface area (Å²) >= 11 is 0. The van der Waals surface area contributed by atoms with E-state index in [0.29, 0.717) is 11.2 Å². The van der Waals surface area contributed by atoms with E-state index in [1.165, 1.54) is 19.8 Å². The molecule has 4 atom stereocenters. The van der Waals surface area contributed by atoms with Crippen LogP contribution in [0.5, 0.6) is 0 Å². The van der Waals surface area contributed by atoms with Crippen molar-refractivity contribution in [2.45, 2.75) is 24.0 Å². The molecule has 24 heavy (non-hydrogen) atoms. The maximum Gasteiger partial charge on any atom is 0.167 e. The second-order valence-corrected chi connectivity index (χ2v) is 5.40. The van der Waals surface area contributed by atoms with Crippen molar-refractivity contribution in [2.75, 3.05) is 26.1 Å². The Kier molecular flexibility index (Phi) is 4.22. The van der Waals surface area contributed by atoms with Gasteiger partial charge in [-0.1, -0.05) is 5.11 Å². The highest BCUT2D eigenvalue weighted by atomic mass is 16.6. The van der Waals surface area contributed by atoms with Crippen molar-refractivity contribution in [3.8, 4) is 0 Å². The third-order valence-corrected chi connectivity index (χ3v) is 4.02. The number of anilines is 1.